The molecule has 0 atom stereocenters. The van der Waals surface area contributed by atoms with Gasteiger partial charge in [0.15, 0.2) is 0 Å². The number of rotatable bonds is 3. The summed E-state index contributed by atoms with van der Waals surface area (Å²) >= 11 is 5.72. The average molecular weight is 461 g/mol. The van der Waals surface area contributed by atoms with Crippen LogP contribution in [0.4, 0.5) is 10.1 Å². The van der Waals surface area contributed by atoms with Gasteiger partial charge >= 0.3 is 0 Å². The van der Waals surface area contributed by atoms with Crippen molar-refractivity contribution in [2.75, 3.05) is 19.1 Å². The van der Waals surface area contributed by atoms with Crippen LogP contribution < -0.4 is 9.64 Å². The summed E-state index contributed by atoms with van der Waals surface area (Å²) in [5.74, 6) is 5.12. The first kappa shape index (κ1) is 22.3. The zero-order valence-electron chi connectivity index (χ0n) is 17.9. The lowest BCUT2D eigenvalue weighted by Gasteiger charge is -2.26. The summed E-state index contributed by atoms with van der Waals surface area (Å²) in [5, 5.41) is -0.0328. The van der Waals surface area contributed by atoms with Crippen molar-refractivity contribution in [2.45, 2.75) is 6.42 Å². The van der Waals surface area contributed by atoms with E-state index >= 15 is 0 Å². The number of carbonyl (C=O) groups excluding carboxylic acids is 2. The number of pyridine rings is 1. The molecule has 0 saturated carbocycles. The van der Waals surface area contributed by atoms with Crippen molar-refractivity contribution in [3.63, 3.8) is 0 Å². The highest BCUT2D eigenvalue weighted by molar-refractivity contribution is 6.36. The van der Waals surface area contributed by atoms with Crippen molar-refractivity contribution in [1.82, 2.24) is 4.98 Å². The Kier molecular flexibility index (Phi) is 6.25. The molecular formula is C26H18ClFN2O3. The van der Waals surface area contributed by atoms with Crippen LogP contribution in [0.2, 0.25) is 5.02 Å². The number of Topliss-reactive ketones (excluding diaryl/α,β-unsaturated/α-hetero) is 1. The van der Waals surface area contributed by atoms with Gasteiger partial charge in [-0.3, -0.25) is 9.59 Å². The van der Waals surface area contributed by atoms with Gasteiger partial charge in [-0.1, -0.05) is 35.6 Å². The molecule has 33 heavy (non-hydrogen) atoms. The van der Waals surface area contributed by atoms with E-state index in [9.17, 15) is 14.0 Å². The van der Waals surface area contributed by atoms with Crippen LogP contribution in [-0.2, 0) is 11.2 Å². The van der Waals surface area contributed by atoms with Crippen LogP contribution in [0.15, 0.2) is 60.3 Å². The van der Waals surface area contributed by atoms with Gasteiger partial charge in [-0.15, -0.1) is 0 Å². The molecule has 5 nitrogen and oxygen atoms in total. The Hall–Kier alpha value is -3.95. The smallest absolute Gasteiger partial charge is 0.262 e. The summed E-state index contributed by atoms with van der Waals surface area (Å²) in [5.41, 5.74) is 2.74. The number of anilines is 1. The van der Waals surface area contributed by atoms with Crippen LogP contribution in [0.1, 0.15) is 27.0 Å². The second kappa shape index (κ2) is 9.27. The number of amides is 1. The van der Waals surface area contributed by atoms with Crippen LogP contribution in [0.25, 0.3) is 6.08 Å². The number of nitrogens with zero attached hydrogens (tertiary/aromatic N) is 2. The van der Waals surface area contributed by atoms with Gasteiger partial charge in [0.05, 0.1) is 23.4 Å². The highest BCUT2D eigenvalue weighted by Crippen LogP contribution is 2.31. The molecule has 0 bridgehead atoms. The van der Waals surface area contributed by atoms with E-state index in [0.29, 0.717) is 34.7 Å². The molecule has 0 unspecified atom stereocenters. The molecule has 4 rings (SSSR count). The van der Waals surface area contributed by atoms with Crippen molar-refractivity contribution in [1.29, 1.82) is 0 Å². The Bertz CT molecular complexity index is 1350. The number of hydrogen-bond donors (Lipinski definition) is 0. The molecule has 1 aromatic heterocycles. The number of methoxy groups -OCH3 is 1. The maximum Gasteiger partial charge on any atom is 0.262 e. The van der Waals surface area contributed by atoms with E-state index in [1.54, 1.807) is 50.7 Å². The molecule has 2 aromatic carbocycles. The number of aromatic nitrogens is 1. The highest BCUT2D eigenvalue weighted by atomic mass is 35.5. The predicted molar refractivity (Wildman–Crippen MR) is 125 cm³/mol. The third kappa shape index (κ3) is 4.64. The fraction of sp³-hybridized carbons (Fsp3) is 0.115. The minimum Gasteiger partial charge on any atom is -0.481 e. The Balaban J connectivity index is 1.62. The molecule has 2 heterocycles. The Labute approximate surface area is 195 Å². The van der Waals surface area contributed by atoms with E-state index in [-0.39, 0.29) is 10.6 Å². The van der Waals surface area contributed by atoms with E-state index < -0.39 is 17.5 Å². The van der Waals surface area contributed by atoms with Crippen LogP contribution >= 0.6 is 11.6 Å². The Morgan fingerprint density at radius 2 is 1.97 bits per heavy atom. The Morgan fingerprint density at radius 3 is 2.67 bits per heavy atom. The van der Waals surface area contributed by atoms with Gasteiger partial charge in [0, 0.05) is 36.9 Å². The lowest BCUT2D eigenvalue weighted by molar-refractivity contribution is -0.114. The molecule has 0 aliphatic carbocycles. The fourth-order valence-electron chi connectivity index (χ4n) is 3.40. The number of likely N-dealkylation sites (N-methyl/N-ethyl adjacent to an activating group) is 1. The maximum absolute atomic E-state index is 13.8. The largest absolute Gasteiger partial charge is 0.481 e. The third-order valence-corrected chi connectivity index (χ3v) is 5.48. The summed E-state index contributed by atoms with van der Waals surface area (Å²) < 4.78 is 18.9. The van der Waals surface area contributed by atoms with E-state index in [0.717, 1.165) is 5.56 Å². The van der Waals surface area contributed by atoms with E-state index in [2.05, 4.69) is 16.8 Å². The zero-order chi connectivity index (χ0) is 23.5. The van der Waals surface area contributed by atoms with Crippen LogP contribution in [-0.4, -0.2) is 30.8 Å². The maximum atomic E-state index is 13.8. The number of halogens is 2. The molecule has 3 aromatic rings. The van der Waals surface area contributed by atoms with Gasteiger partial charge in [0.1, 0.15) is 5.82 Å². The molecule has 1 aliphatic heterocycles. The van der Waals surface area contributed by atoms with Gasteiger partial charge in [0.25, 0.3) is 5.91 Å². The number of benzene rings is 2. The molecule has 164 valence electrons. The minimum atomic E-state index is -0.625. The topological polar surface area (TPSA) is 59.5 Å². The van der Waals surface area contributed by atoms with Gasteiger partial charge < -0.3 is 9.64 Å². The average Bonchev–Trinajstić information content (AvgIpc) is 2.83. The molecular weight excluding hydrogens is 443 g/mol. The summed E-state index contributed by atoms with van der Waals surface area (Å²) in [6.07, 6.45) is 3.55. The first-order valence-electron chi connectivity index (χ1n) is 9.98. The number of fused-ring (bicyclic) bond motifs is 1. The third-order valence-electron chi connectivity index (χ3n) is 5.17. The minimum absolute atomic E-state index is 0.0328. The quantitative estimate of drug-likeness (QED) is 0.322. The van der Waals surface area contributed by atoms with E-state index in [4.69, 9.17) is 16.3 Å². The molecule has 0 spiro atoms. The molecule has 0 N–H and O–H groups in total. The summed E-state index contributed by atoms with van der Waals surface area (Å²) in [4.78, 5) is 31.5. The van der Waals surface area contributed by atoms with E-state index in [1.807, 2.05) is 6.07 Å². The van der Waals surface area contributed by atoms with Crippen molar-refractivity contribution in [2.24, 2.45) is 0 Å². The van der Waals surface area contributed by atoms with Gasteiger partial charge in [0.2, 0.25) is 11.7 Å². The molecule has 0 fully saturated rings. The summed E-state index contributed by atoms with van der Waals surface area (Å²) in [6, 6.07) is 12.9. The standard InChI is InChI=1S/C26H18ClFN2O3/c1-30-23-10-7-16(4-3-5-17-8-11-24(33-2)29-15-17)12-19(23)25(31)20(26(30)32)13-18-6-9-21(27)22(28)14-18/h6-15H,5H2,1-2H3. The van der Waals surface area contributed by atoms with Crippen molar-refractivity contribution in [3.05, 3.63) is 93.4 Å². The number of ether oxygens (including phenoxy) is 1. The second-order valence-corrected chi connectivity index (χ2v) is 7.75. The van der Waals surface area contributed by atoms with Crippen LogP contribution in [0.3, 0.4) is 0 Å². The van der Waals surface area contributed by atoms with Crippen molar-refractivity contribution < 1.29 is 18.7 Å². The monoisotopic (exact) mass is 460 g/mol. The predicted octanol–water partition coefficient (Wildman–Crippen LogP) is 4.72. The molecule has 7 heteroatoms. The number of ketones is 1. The lowest BCUT2D eigenvalue weighted by Crippen LogP contribution is -2.36. The summed E-state index contributed by atoms with van der Waals surface area (Å²) in [7, 11) is 3.14. The highest BCUT2D eigenvalue weighted by Gasteiger charge is 2.32. The van der Waals surface area contributed by atoms with Gasteiger partial charge in [-0.2, -0.15) is 0 Å². The van der Waals surface area contributed by atoms with E-state index in [1.165, 1.54) is 23.1 Å². The van der Waals surface area contributed by atoms with Crippen molar-refractivity contribution >= 4 is 35.1 Å². The number of carbonyl (C=O) groups is 2. The molecule has 1 aliphatic rings. The van der Waals surface area contributed by atoms with Gasteiger partial charge in [-0.05, 0) is 47.5 Å². The fourth-order valence-corrected chi connectivity index (χ4v) is 3.52. The lowest BCUT2D eigenvalue weighted by atomic mass is 9.92. The van der Waals surface area contributed by atoms with Crippen molar-refractivity contribution in [3.8, 4) is 17.7 Å². The zero-order valence-corrected chi connectivity index (χ0v) is 18.6. The van der Waals surface area contributed by atoms with Crippen LogP contribution in [0.5, 0.6) is 5.88 Å². The molecule has 0 saturated heterocycles. The second-order valence-electron chi connectivity index (χ2n) is 7.34. The normalized spacial score (nSPS) is 14.1. The molecule has 1 amide bonds. The van der Waals surface area contributed by atoms with Gasteiger partial charge in [-0.25, -0.2) is 9.37 Å². The molecule has 0 radical (unpaired) electrons. The Morgan fingerprint density at radius 1 is 1.15 bits per heavy atom. The first-order valence-corrected chi connectivity index (χ1v) is 10.4. The summed E-state index contributed by atoms with van der Waals surface area (Å²) in [6.45, 7) is 0. The van der Waals surface area contributed by atoms with Crippen LogP contribution in [0, 0.1) is 17.7 Å². The SMILES string of the molecule is COc1ccc(CC#Cc2ccc3c(c2)C(=O)C(=Cc2ccc(Cl)c(F)c2)C(=O)N3C)cn1. The number of hydrogen-bond acceptors (Lipinski definition) is 4. The first-order chi connectivity index (χ1) is 15.9.